The number of hydrogen-bond acceptors (Lipinski definition) is 3. The summed E-state index contributed by atoms with van der Waals surface area (Å²) < 4.78 is 13.6. The highest BCUT2D eigenvalue weighted by molar-refractivity contribution is 6.20. The van der Waals surface area contributed by atoms with Crippen LogP contribution in [0.15, 0.2) is 77.8 Å². The molecule has 0 saturated heterocycles. The number of amides is 3. The molecule has 0 spiro atoms. The van der Waals surface area contributed by atoms with Gasteiger partial charge in [-0.3, -0.25) is 4.79 Å². The molecule has 0 aliphatic carbocycles. The molecule has 3 aromatic carbocycles. The molecule has 0 aromatic heterocycles. The summed E-state index contributed by atoms with van der Waals surface area (Å²) in [5.74, 6) is -0.851. The number of fused-ring (bicyclic) bond motifs is 1. The number of benzodiazepines with no additional fused rings is 1. The van der Waals surface area contributed by atoms with Crippen LogP contribution in [0.3, 0.4) is 0 Å². The molecule has 1 unspecified atom stereocenters. The Morgan fingerprint density at radius 3 is 2.52 bits per heavy atom. The molecule has 0 bridgehead atoms. The molecule has 0 fully saturated rings. The van der Waals surface area contributed by atoms with E-state index in [1.165, 1.54) is 17.0 Å². The predicted molar refractivity (Wildman–Crippen MR) is 119 cm³/mol. The molecule has 1 aliphatic rings. The Morgan fingerprint density at radius 2 is 1.74 bits per heavy atom. The van der Waals surface area contributed by atoms with Crippen LogP contribution >= 0.6 is 0 Å². The van der Waals surface area contributed by atoms with Gasteiger partial charge in [-0.15, -0.1) is 0 Å². The Bertz CT molecular complexity index is 1180. The number of aryl methyl sites for hydroxylation is 1. The summed E-state index contributed by atoms with van der Waals surface area (Å²) in [5.41, 5.74) is 3.92. The van der Waals surface area contributed by atoms with Crippen molar-refractivity contribution in [1.29, 1.82) is 0 Å². The Labute approximate surface area is 179 Å². The average Bonchev–Trinajstić information content (AvgIpc) is 2.88. The zero-order valence-corrected chi connectivity index (χ0v) is 17.1. The van der Waals surface area contributed by atoms with Gasteiger partial charge in [0, 0.05) is 23.9 Å². The van der Waals surface area contributed by atoms with E-state index in [0.29, 0.717) is 22.6 Å². The first kappa shape index (κ1) is 20.3. The van der Waals surface area contributed by atoms with Crippen LogP contribution in [0.25, 0.3) is 0 Å². The number of para-hydroxylation sites is 1. The number of nitrogens with zero attached hydrogens (tertiary/aromatic N) is 2. The van der Waals surface area contributed by atoms with E-state index < -0.39 is 18.0 Å². The number of hydrogen-bond donors (Lipinski definition) is 2. The first-order valence-corrected chi connectivity index (χ1v) is 9.78. The second kappa shape index (κ2) is 8.39. The molecule has 6 nitrogen and oxygen atoms in total. The minimum absolute atomic E-state index is 0.322. The highest BCUT2D eigenvalue weighted by atomic mass is 19.1. The van der Waals surface area contributed by atoms with Crippen molar-refractivity contribution in [2.24, 2.45) is 4.99 Å². The van der Waals surface area contributed by atoms with Crippen LogP contribution in [0.2, 0.25) is 0 Å². The second-order valence-electron chi connectivity index (χ2n) is 7.22. The largest absolute Gasteiger partial charge is 0.321 e. The zero-order valence-electron chi connectivity index (χ0n) is 17.1. The number of anilines is 2. The number of halogens is 1. The van der Waals surface area contributed by atoms with Gasteiger partial charge in [0.15, 0.2) is 0 Å². The van der Waals surface area contributed by atoms with Crippen molar-refractivity contribution >= 4 is 29.0 Å². The van der Waals surface area contributed by atoms with Gasteiger partial charge in [0.2, 0.25) is 6.17 Å². The zero-order chi connectivity index (χ0) is 22.0. The maximum absolute atomic E-state index is 13.6. The van der Waals surface area contributed by atoms with Gasteiger partial charge in [-0.25, -0.2) is 14.2 Å². The van der Waals surface area contributed by atoms with Crippen molar-refractivity contribution in [3.63, 3.8) is 0 Å². The maximum atomic E-state index is 13.6. The minimum Gasteiger partial charge on any atom is -0.311 e. The van der Waals surface area contributed by atoms with Crippen LogP contribution in [0, 0.1) is 12.7 Å². The highest BCUT2D eigenvalue weighted by Gasteiger charge is 2.31. The van der Waals surface area contributed by atoms with E-state index in [0.717, 1.165) is 11.1 Å². The molecule has 31 heavy (non-hydrogen) atoms. The van der Waals surface area contributed by atoms with Gasteiger partial charge in [-0.2, -0.15) is 0 Å². The molecule has 1 heterocycles. The van der Waals surface area contributed by atoms with E-state index in [1.807, 2.05) is 54.6 Å². The number of benzene rings is 3. The molecule has 2 N–H and O–H groups in total. The monoisotopic (exact) mass is 416 g/mol. The lowest BCUT2D eigenvalue weighted by Crippen LogP contribution is -2.47. The van der Waals surface area contributed by atoms with E-state index in [4.69, 9.17) is 0 Å². The molecule has 3 amide bonds. The third-order valence-corrected chi connectivity index (χ3v) is 5.11. The van der Waals surface area contributed by atoms with Crippen LogP contribution in [-0.4, -0.2) is 30.9 Å². The molecule has 1 atom stereocenters. The fourth-order valence-corrected chi connectivity index (χ4v) is 3.45. The Hall–Kier alpha value is -4.00. The van der Waals surface area contributed by atoms with Crippen LogP contribution in [-0.2, 0) is 4.79 Å². The van der Waals surface area contributed by atoms with Crippen molar-refractivity contribution in [2.75, 3.05) is 17.3 Å². The van der Waals surface area contributed by atoms with Gasteiger partial charge >= 0.3 is 6.03 Å². The Morgan fingerprint density at radius 1 is 1.03 bits per heavy atom. The second-order valence-corrected chi connectivity index (χ2v) is 7.22. The molecule has 156 valence electrons. The van der Waals surface area contributed by atoms with Gasteiger partial charge < -0.3 is 15.5 Å². The first-order chi connectivity index (χ1) is 14.9. The normalized spacial score (nSPS) is 15.6. The summed E-state index contributed by atoms with van der Waals surface area (Å²) in [5, 5.41) is 5.22. The van der Waals surface area contributed by atoms with Crippen molar-refractivity contribution in [1.82, 2.24) is 5.32 Å². The summed E-state index contributed by atoms with van der Waals surface area (Å²) in [4.78, 5) is 31.8. The van der Waals surface area contributed by atoms with E-state index in [9.17, 15) is 14.0 Å². The van der Waals surface area contributed by atoms with E-state index in [1.54, 1.807) is 20.0 Å². The maximum Gasteiger partial charge on any atom is 0.321 e. The Kier molecular flexibility index (Phi) is 5.49. The number of rotatable bonds is 3. The van der Waals surface area contributed by atoms with Gasteiger partial charge in [0.25, 0.3) is 5.91 Å². The van der Waals surface area contributed by atoms with E-state index in [2.05, 4.69) is 15.6 Å². The van der Waals surface area contributed by atoms with Crippen molar-refractivity contribution < 1.29 is 14.0 Å². The number of aliphatic imine (C=N–C) groups is 1. The van der Waals surface area contributed by atoms with Crippen LogP contribution in [0.4, 0.5) is 20.6 Å². The fraction of sp³-hybridized carbons (Fsp3) is 0.125. The molecule has 7 heteroatoms. The van der Waals surface area contributed by atoms with Crippen LogP contribution < -0.4 is 15.5 Å². The fourth-order valence-electron chi connectivity index (χ4n) is 3.45. The van der Waals surface area contributed by atoms with Gasteiger partial charge in [-0.1, -0.05) is 54.6 Å². The first-order valence-electron chi connectivity index (χ1n) is 9.78. The van der Waals surface area contributed by atoms with Crippen molar-refractivity contribution in [3.8, 4) is 0 Å². The minimum atomic E-state index is -1.15. The van der Waals surface area contributed by atoms with Gasteiger partial charge in [0.05, 0.1) is 11.4 Å². The smallest absolute Gasteiger partial charge is 0.311 e. The van der Waals surface area contributed by atoms with Gasteiger partial charge in [0.1, 0.15) is 5.82 Å². The summed E-state index contributed by atoms with van der Waals surface area (Å²) in [6, 6.07) is 20.4. The predicted octanol–water partition coefficient (Wildman–Crippen LogP) is 4.10. The summed E-state index contributed by atoms with van der Waals surface area (Å²) >= 11 is 0. The van der Waals surface area contributed by atoms with Gasteiger partial charge in [-0.05, 0) is 30.7 Å². The van der Waals surface area contributed by atoms with Crippen LogP contribution in [0.1, 0.15) is 16.7 Å². The lowest BCUT2D eigenvalue weighted by molar-refractivity contribution is -0.119. The van der Waals surface area contributed by atoms with E-state index in [-0.39, 0.29) is 5.91 Å². The number of carbonyl (C=O) groups excluding carboxylic acids is 2. The Balaban J connectivity index is 1.69. The average molecular weight is 416 g/mol. The third kappa shape index (κ3) is 4.16. The third-order valence-electron chi connectivity index (χ3n) is 5.11. The number of carbonyl (C=O) groups is 2. The SMILES string of the molecule is Cc1ccc(F)cc1NC(=O)NC1N=C(c2ccccc2)c2ccccc2N(C)C1=O. The summed E-state index contributed by atoms with van der Waals surface area (Å²) in [6.45, 7) is 1.75. The van der Waals surface area contributed by atoms with Crippen molar-refractivity contribution in [2.45, 2.75) is 13.1 Å². The standard InChI is InChI=1S/C24H21FN4O2/c1-15-12-13-17(25)14-19(15)26-24(31)28-22-23(30)29(2)20-11-7-6-10-18(20)21(27-22)16-8-4-3-5-9-16/h3-14,22H,1-2H3,(H2,26,28,31). The number of urea groups is 1. The molecule has 4 rings (SSSR count). The van der Waals surface area contributed by atoms with E-state index >= 15 is 0 Å². The molecule has 1 aliphatic heterocycles. The lowest BCUT2D eigenvalue weighted by atomic mass is 10.0. The molecular formula is C24H21FN4O2. The number of nitrogens with one attached hydrogen (secondary N) is 2. The van der Waals surface area contributed by atoms with Crippen molar-refractivity contribution in [3.05, 3.63) is 95.3 Å². The molecule has 0 saturated carbocycles. The summed E-state index contributed by atoms with van der Waals surface area (Å²) in [6.07, 6.45) is -1.15. The topological polar surface area (TPSA) is 73.8 Å². The summed E-state index contributed by atoms with van der Waals surface area (Å²) in [7, 11) is 1.65. The molecular weight excluding hydrogens is 395 g/mol. The van der Waals surface area contributed by atoms with Crippen LogP contribution in [0.5, 0.6) is 0 Å². The number of likely N-dealkylation sites (N-methyl/N-ethyl adjacent to an activating group) is 1. The highest BCUT2D eigenvalue weighted by Crippen LogP contribution is 2.27. The molecule has 3 aromatic rings. The quantitative estimate of drug-likeness (QED) is 0.675. The molecule has 0 radical (unpaired) electrons. The lowest BCUT2D eigenvalue weighted by Gasteiger charge is -2.21.